The predicted molar refractivity (Wildman–Crippen MR) is 115 cm³/mol. The minimum Gasteiger partial charge on any atom is -0.496 e. The Bertz CT molecular complexity index is 817. The summed E-state index contributed by atoms with van der Waals surface area (Å²) in [5.74, 6) is 0.915. The summed E-state index contributed by atoms with van der Waals surface area (Å²) in [6.45, 7) is 4.29. The van der Waals surface area contributed by atoms with Gasteiger partial charge in [0.2, 0.25) is 5.91 Å². The van der Waals surface area contributed by atoms with Gasteiger partial charge in [0.15, 0.2) is 5.11 Å². The van der Waals surface area contributed by atoms with Crippen LogP contribution in [0.4, 0.5) is 5.69 Å². The Kier molecular flexibility index (Phi) is 7.36. The van der Waals surface area contributed by atoms with Gasteiger partial charge in [0.05, 0.1) is 11.6 Å². The second kappa shape index (κ2) is 9.50. The lowest BCUT2D eigenvalue weighted by atomic mass is 10.0. The number of benzene rings is 2. The van der Waals surface area contributed by atoms with Crippen LogP contribution in [0, 0.1) is 0 Å². The minimum atomic E-state index is -0.289. The van der Waals surface area contributed by atoms with Gasteiger partial charge in [-0.3, -0.25) is 10.1 Å². The molecule has 2 aromatic rings. The molecule has 1 amide bonds. The fraction of sp³-hybridized carbons (Fsp3) is 0.200. The maximum atomic E-state index is 12.0. The number of halogens is 1. The van der Waals surface area contributed by atoms with Gasteiger partial charge in [-0.05, 0) is 69.5 Å². The van der Waals surface area contributed by atoms with Crippen molar-refractivity contribution in [3.05, 3.63) is 64.1 Å². The molecule has 0 unspecified atom stereocenters. The molecule has 0 fully saturated rings. The van der Waals surface area contributed by atoms with E-state index in [0.29, 0.717) is 5.92 Å². The van der Waals surface area contributed by atoms with Crippen LogP contribution in [0.15, 0.2) is 53.0 Å². The Balaban J connectivity index is 1.90. The summed E-state index contributed by atoms with van der Waals surface area (Å²) in [6.07, 6.45) is 3.22. The molecule has 0 radical (unpaired) electrons. The van der Waals surface area contributed by atoms with Crippen LogP contribution >= 0.6 is 28.1 Å². The Morgan fingerprint density at radius 3 is 2.46 bits per heavy atom. The molecule has 0 aliphatic carbocycles. The highest BCUT2D eigenvalue weighted by Gasteiger charge is 2.05. The molecule has 0 aliphatic rings. The van der Waals surface area contributed by atoms with E-state index < -0.39 is 0 Å². The van der Waals surface area contributed by atoms with Crippen molar-refractivity contribution in [3.8, 4) is 5.75 Å². The number of nitrogens with one attached hydrogen (secondary N) is 2. The molecule has 0 heterocycles. The molecule has 136 valence electrons. The summed E-state index contributed by atoms with van der Waals surface area (Å²) in [6, 6.07) is 13.6. The van der Waals surface area contributed by atoms with Crippen LogP contribution in [-0.2, 0) is 4.79 Å². The van der Waals surface area contributed by atoms with Crippen LogP contribution in [0.25, 0.3) is 6.08 Å². The van der Waals surface area contributed by atoms with Gasteiger partial charge in [-0.25, -0.2) is 0 Å². The maximum Gasteiger partial charge on any atom is 0.250 e. The fourth-order valence-corrected chi connectivity index (χ4v) is 2.98. The van der Waals surface area contributed by atoms with Gasteiger partial charge in [0.25, 0.3) is 0 Å². The lowest BCUT2D eigenvalue weighted by Gasteiger charge is -2.10. The highest BCUT2D eigenvalue weighted by atomic mass is 79.9. The first-order valence-corrected chi connectivity index (χ1v) is 9.32. The number of methoxy groups -OCH3 is 1. The second-order valence-corrected chi connectivity index (χ2v) is 7.21. The highest BCUT2D eigenvalue weighted by Crippen LogP contribution is 2.27. The van der Waals surface area contributed by atoms with Crippen LogP contribution in [-0.4, -0.2) is 18.1 Å². The SMILES string of the molecule is COc1ccc(NC(=S)NC(=O)C=Cc2ccc(C(C)C)cc2)cc1Br. The summed E-state index contributed by atoms with van der Waals surface area (Å²) < 4.78 is 5.97. The molecular formula is C20H21BrN2O2S. The number of ether oxygens (including phenoxy) is 1. The largest absolute Gasteiger partial charge is 0.496 e. The van der Waals surface area contributed by atoms with E-state index >= 15 is 0 Å². The van der Waals surface area contributed by atoms with Crippen molar-refractivity contribution < 1.29 is 9.53 Å². The third kappa shape index (κ3) is 5.97. The van der Waals surface area contributed by atoms with Gasteiger partial charge in [-0.2, -0.15) is 0 Å². The molecule has 0 aliphatic heterocycles. The first-order chi connectivity index (χ1) is 12.4. The second-order valence-electron chi connectivity index (χ2n) is 5.95. The van der Waals surface area contributed by atoms with E-state index in [2.05, 4.69) is 52.5 Å². The molecule has 0 aromatic heterocycles. The average Bonchev–Trinajstić information content (AvgIpc) is 2.60. The zero-order valence-electron chi connectivity index (χ0n) is 14.9. The van der Waals surface area contributed by atoms with Crippen LogP contribution in [0.2, 0.25) is 0 Å². The van der Waals surface area contributed by atoms with E-state index in [4.69, 9.17) is 17.0 Å². The first kappa shape index (κ1) is 20.1. The number of anilines is 1. The summed E-state index contributed by atoms with van der Waals surface area (Å²) in [5.41, 5.74) is 2.97. The van der Waals surface area contributed by atoms with Crippen molar-refractivity contribution in [1.29, 1.82) is 0 Å². The normalized spacial score (nSPS) is 10.8. The molecule has 26 heavy (non-hydrogen) atoms. The predicted octanol–water partition coefficient (Wildman–Crippen LogP) is 5.11. The molecule has 6 heteroatoms. The number of amides is 1. The highest BCUT2D eigenvalue weighted by molar-refractivity contribution is 9.10. The van der Waals surface area contributed by atoms with E-state index in [0.717, 1.165) is 21.5 Å². The van der Waals surface area contributed by atoms with E-state index in [1.807, 2.05) is 24.3 Å². The lowest BCUT2D eigenvalue weighted by molar-refractivity contribution is -0.115. The number of thiocarbonyl (C=S) groups is 1. The van der Waals surface area contributed by atoms with Gasteiger partial charge in [0.1, 0.15) is 5.75 Å². The molecule has 0 atom stereocenters. The van der Waals surface area contributed by atoms with Crippen LogP contribution in [0.1, 0.15) is 30.9 Å². The third-order valence-electron chi connectivity index (χ3n) is 3.68. The summed E-state index contributed by atoms with van der Waals surface area (Å²) in [5, 5.41) is 5.82. The molecule has 0 saturated heterocycles. The summed E-state index contributed by atoms with van der Waals surface area (Å²) in [4.78, 5) is 12.0. The topological polar surface area (TPSA) is 50.4 Å². The van der Waals surface area contributed by atoms with Crippen molar-refractivity contribution in [3.63, 3.8) is 0 Å². The Morgan fingerprint density at radius 2 is 1.88 bits per heavy atom. The number of hydrogen-bond acceptors (Lipinski definition) is 3. The number of hydrogen-bond donors (Lipinski definition) is 2. The van der Waals surface area contributed by atoms with E-state index in [1.54, 1.807) is 19.3 Å². The van der Waals surface area contributed by atoms with Crippen LogP contribution in [0.5, 0.6) is 5.75 Å². The van der Waals surface area contributed by atoms with Crippen molar-refractivity contribution in [1.82, 2.24) is 5.32 Å². The molecule has 2 N–H and O–H groups in total. The molecule has 2 rings (SSSR count). The third-order valence-corrected chi connectivity index (χ3v) is 4.50. The Hall–Kier alpha value is -2.18. The van der Waals surface area contributed by atoms with Gasteiger partial charge >= 0.3 is 0 Å². The van der Waals surface area contributed by atoms with Crippen molar-refractivity contribution in [2.75, 3.05) is 12.4 Å². The smallest absolute Gasteiger partial charge is 0.250 e. The van der Waals surface area contributed by atoms with Crippen LogP contribution in [0.3, 0.4) is 0 Å². The molecule has 0 spiro atoms. The fourth-order valence-electron chi connectivity index (χ4n) is 2.22. The number of rotatable bonds is 5. The maximum absolute atomic E-state index is 12.0. The van der Waals surface area contributed by atoms with E-state index in [-0.39, 0.29) is 11.0 Å². The van der Waals surface area contributed by atoms with E-state index in [1.165, 1.54) is 11.6 Å². The molecular weight excluding hydrogens is 412 g/mol. The molecule has 4 nitrogen and oxygen atoms in total. The van der Waals surface area contributed by atoms with Crippen LogP contribution < -0.4 is 15.4 Å². The van der Waals surface area contributed by atoms with Gasteiger partial charge in [-0.1, -0.05) is 38.1 Å². The van der Waals surface area contributed by atoms with Crippen molar-refractivity contribution in [2.45, 2.75) is 19.8 Å². The molecule has 2 aromatic carbocycles. The summed E-state index contributed by atoms with van der Waals surface area (Å²) >= 11 is 8.58. The summed E-state index contributed by atoms with van der Waals surface area (Å²) in [7, 11) is 1.60. The Morgan fingerprint density at radius 1 is 1.19 bits per heavy atom. The number of carbonyl (C=O) groups excluding carboxylic acids is 1. The van der Waals surface area contributed by atoms with Gasteiger partial charge < -0.3 is 10.1 Å². The first-order valence-electron chi connectivity index (χ1n) is 8.12. The molecule has 0 saturated carbocycles. The van der Waals surface area contributed by atoms with Gasteiger partial charge in [0, 0.05) is 11.8 Å². The standard InChI is InChI=1S/C20H21BrN2O2S/c1-13(2)15-7-4-14(5-8-15)6-11-19(24)23-20(26)22-16-9-10-18(25-3)17(21)12-16/h4-13H,1-3H3,(H2,22,23,24,26). The quantitative estimate of drug-likeness (QED) is 0.509. The van der Waals surface area contributed by atoms with Crippen molar-refractivity contribution >= 4 is 50.9 Å². The zero-order chi connectivity index (χ0) is 19.1. The average molecular weight is 433 g/mol. The number of carbonyl (C=O) groups is 1. The zero-order valence-corrected chi connectivity index (χ0v) is 17.3. The Labute approximate surface area is 167 Å². The lowest BCUT2D eigenvalue weighted by Crippen LogP contribution is -2.32. The van der Waals surface area contributed by atoms with E-state index in [9.17, 15) is 4.79 Å². The van der Waals surface area contributed by atoms with Gasteiger partial charge in [-0.15, -0.1) is 0 Å². The molecule has 0 bridgehead atoms. The van der Waals surface area contributed by atoms with Crippen molar-refractivity contribution in [2.24, 2.45) is 0 Å². The monoisotopic (exact) mass is 432 g/mol. The minimum absolute atomic E-state index is 0.229.